The van der Waals surface area contributed by atoms with E-state index in [1.165, 1.54) is 10.5 Å². The van der Waals surface area contributed by atoms with Crippen LogP contribution in [0.2, 0.25) is 0 Å². The summed E-state index contributed by atoms with van der Waals surface area (Å²) < 4.78 is 12.1. The molecule has 1 heterocycles. The lowest BCUT2D eigenvalue weighted by Gasteiger charge is -2.13. The summed E-state index contributed by atoms with van der Waals surface area (Å²) in [7, 11) is 1.56. The normalized spacial score (nSPS) is 15.0. The molecule has 1 saturated heterocycles. The van der Waals surface area contributed by atoms with Gasteiger partial charge in [0.25, 0.3) is 5.91 Å². The zero-order chi connectivity index (χ0) is 21.0. The minimum Gasteiger partial charge on any atom is -0.493 e. The van der Waals surface area contributed by atoms with Crippen LogP contribution in [0.5, 0.6) is 11.5 Å². The van der Waals surface area contributed by atoms with Crippen LogP contribution in [-0.4, -0.2) is 30.5 Å². The van der Waals surface area contributed by atoms with E-state index in [0.717, 1.165) is 10.0 Å². The van der Waals surface area contributed by atoms with Crippen molar-refractivity contribution in [2.45, 2.75) is 26.9 Å². The van der Waals surface area contributed by atoms with Crippen LogP contribution in [0, 0.1) is 6.92 Å². The Hall–Kier alpha value is -2.80. The number of halogens is 1. The van der Waals surface area contributed by atoms with Crippen LogP contribution in [0.25, 0.3) is 6.08 Å². The van der Waals surface area contributed by atoms with Gasteiger partial charge in [-0.1, -0.05) is 52.7 Å². The number of aryl methyl sites for hydroxylation is 1. The second-order valence-electron chi connectivity index (χ2n) is 6.74. The highest BCUT2D eigenvalue weighted by Gasteiger charge is 2.32. The molecule has 0 spiro atoms. The smallest absolute Gasteiger partial charge is 0.329 e. The number of carbonyl (C=O) groups excluding carboxylic acids is 2. The van der Waals surface area contributed by atoms with Gasteiger partial charge in [0, 0.05) is 11.0 Å². The topological polar surface area (TPSA) is 67.9 Å². The molecule has 1 aliphatic heterocycles. The van der Waals surface area contributed by atoms with E-state index in [1.807, 2.05) is 38.1 Å². The van der Waals surface area contributed by atoms with Gasteiger partial charge in [-0.3, -0.25) is 9.69 Å². The van der Waals surface area contributed by atoms with Crippen LogP contribution in [-0.2, 0) is 11.4 Å². The molecule has 1 fully saturated rings. The van der Waals surface area contributed by atoms with Crippen LogP contribution in [0.4, 0.5) is 4.79 Å². The summed E-state index contributed by atoms with van der Waals surface area (Å²) in [5.74, 6) is 0.785. The Bertz CT molecular complexity index is 954. The van der Waals surface area contributed by atoms with Crippen molar-refractivity contribution < 1.29 is 19.1 Å². The van der Waals surface area contributed by atoms with Gasteiger partial charge >= 0.3 is 6.03 Å². The molecule has 7 heteroatoms. The van der Waals surface area contributed by atoms with Gasteiger partial charge in [-0.25, -0.2) is 4.79 Å². The Labute approximate surface area is 178 Å². The number of nitrogens with zero attached hydrogens (tertiary/aromatic N) is 1. The third-order valence-corrected chi connectivity index (χ3v) is 5.19. The van der Waals surface area contributed by atoms with E-state index in [9.17, 15) is 9.59 Å². The first-order valence-corrected chi connectivity index (χ1v) is 10.1. The molecule has 0 bridgehead atoms. The predicted molar refractivity (Wildman–Crippen MR) is 115 cm³/mol. The van der Waals surface area contributed by atoms with Gasteiger partial charge < -0.3 is 14.8 Å². The lowest BCUT2D eigenvalue weighted by atomic mass is 10.1. The average Bonchev–Trinajstić information content (AvgIpc) is 2.97. The quantitative estimate of drug-likeness (QED) is 0.484. The molecule has 2 aromatic rings. The number of urea groups is 1. The standard InChI is InChI=1S/C22H23BrN2O4/c1-4-9-25-21(26)18(24-22(25)27)10-16-11-19(28-3)20(12-17(16)23)29-13-15-7-5-14(2)6-8-15/h5-8,10-12H,4,9,13H2,1-3H3,(H,24,27)/b18-10+. The van der Waals surface area contributed by atoms with Crippen LogP contribution < -0.4 is 14.8 Å². The summed E-state index contributed by atoms with van der Waals surface area (Å²) in [5.41, 5.74) is 3.18. The molecule has 2 aromatic carbocycles. The Morgan fingerprint density at radius 2 is 1.86 bits per heavy atom. The van der Waals surface area contributed by atoms with Crippen molar-refractivity contribution in [2.75, 3.05) is 13.7 Å². The van der Waals surface area contributed by atoms with Gasteiger partial charge in [0.2, 0.25) is 0 Å². The van der Waals surface area contributed by atoms with Crippen molar-refractivity contribution in [2.24, 2.45) is 0 Å². The molecular formula is C22H23BrN2O4. The summed E-state index contributed by atoms with van der Waals surface area (Å²) in [6.45, 7) is 4.75. The average molecular weight is 459 g/mol. The van der Waals surface area contributed by atoms with E-state index in [0.29, 0.717) is 36.6 Å². The molecule has 0 radical (unpaired) electrons. The summed E-state index contributed by atoms with van der Waals surface area (Å²) in [6, 6.07) is 11.3. The van der Waals surface area contributed by atoms with Crippen LogP contribution >= 0.6 is 15.9 Å². The maximum Gasteiger partial charge on any atom is 0.329 e. The molecular weight excluding hydrogens is 436 g/mol. The lowest BCUT2D eigenvalue weighted by Crippen LogP contribution is -2.31. The zero-order valence-electron chi connectivity index (χ0n) is 16.6. The molecule has 6 nitrogen and oxygen atoms in total. The maximum absolute atomic E-state index is 12.4. The number of nitrogens with one attached hydrogen (secondary N) is 1. The predicted octanol–water partition coefficient (Wildman–Crippen LogP) is 4.65. The first-order valence-electron chi connectivity index (χ1n) is 9.33. The van der Waals surface area contributed by atoms with Crippen molar-refractivity contribution in [1.29, 1.82) is 0 Å². The van der Waals surface area contributed by atoms with Gasteiger partial charge in [-0.15, -0.1) is 0 Å². The van der Waals surface area contributed by atoms with E-state index < -0.39 is 6.03 Å². The first-order chi connectivity index (χ1) is 13.9. The van der Waals surface area contributed by atoms with E-state index in [-0.39, 0.29) is 11.6 Å². The molecule has 0 atom stereocenters. The van der Waals surface area contributed by atoms with E-state index in [1.54, 1.807) is 25.3 Å². The van der Waals surface area contributed by atoms with Crippen molar-refractivity contribution in [1.82, 2.24) is 10.2 Å². The fraction of sp³-hybridized carbons (Fsp3) is 0.273. The maximum atomic E-state index is 12.4. The largest absolute Gasteiger partial charge is 0.493 e. The minimum atomic E-state index is -0.399. The summed E-state index contributed by atoms with van der Waals surface area (Å²) in [6.07, 6.45) is 2.34. The molecule has 1 aliphatic rings. The second-order valence-corrected chi connectivity index (χ2v) is 7.60. The Kier molecular flexibility index (Phi) is 6.59. The lowest BCUT2D eigenvalue weighted by molar-refractivity contribution is -0.122. The number of carbonyl (C=O) groups is 2. The molecule has 1 N–H and O–H groups in total. The monoisotopic (exact) mass is 458 g/mol. The number of methoxy groups -OCH3 is 1. The zero-order valence-corrected chi connectivity index (χ0v) is 18.2. The molecule has 3 rings (SSSR count). The van der Waals surface area contributed by atoms with Gasteiger partial charge in [0.15, 0.2) is 11.5 Å². The van der Waals surface area contributed by atoms with Gasteiger partial charge in [0.1, 0.15) is 12.3 Å². The van der Waals surface area contributed by atoms with E-state index in [2.05, 4.69) is 21.2 Å². The SMILES string of the molecule is CCCN1C(=O)N/C(=C/c2cc(OC)c(OCc3ccc(C)cc3)cc2Br)C1=O. The Balaban J connectivity index is 1.82. The van der Waals surface area contributed by atoms with Crippen LogP contribution in [0.1, 0.15) is 30.0 Å². The van der Waals surface area contributed by atoms with E-state index >= 15 is 0 Å². The molecule has 0 aromatic heterocycles. The third kappa shape index (κ3) is 4.79. The van der Waals surface area contributed by atoms with Crippen LogP contribution in [0.3, 0.4) is 0 Å². The van der Waals surface area contributed by atoms with Crippen molar-refractivity contribution in [3.63, 3.8) is 0 Å². The number of ether oxygens (including phenoxy) is 2. The first kappa shape index (κ1) is 20.9. The second kappa shape index (κ2) is 9.13. The molecule has 0 aliphatic carbocycles. The van der Waals surface area contributed by atoms with Crippen LogP contribution in [0.15, 0.2) is 46.6 Å². The van der Waals surface area contributed by atoms with Gasteiger partial charge in [0.05, 0.1) is 7.11 Å². The highest BCUT2D eigenvalue weighted by molar-refractivity contribution is 9.10. The number of imide groups is 1. The number of amides is 3. The number of benzene rings is 2. The number of hydrogen-bond acceptors (Lipinski definition) is 4. The summed E-state index contributed by atoms with van der Waals surface area (Å²) in [5, 5.41) is 2.62. The molecule has 152 valence electrons. The minimum absolute atomic E-state index is 0.236. The molecule has 29 heavy (non-hydrogen) atoms. The Morgan fingerprint density at radius 3 is 2.52 bits per heavy atom. The third-order valence-electron chi connectivity index (χ3n) is 4.51. The van der Waals surface area contributed by atoms with Crippen molar-refractivity contribution in [3.8, 4) is 11.5 Å². The van der Waals surface area contributed by atoms with Gasteiger partial charge in [-0.05, 0) is 42.7 Å². The highest BCUT2D eigenvalue weighted by atomic mass is 79.9. The fourth-order valence-electron chi connectivity index (χ4n) is 2.93. The molecule has 0 unspecified atom stereocenters. The van der Waals surface area contributed by atoms with Gasteiger partial charge in [-0.2, -0.15) is 0 Å². The van der Waals surface area contributed by atoms with Crippen molar-refractivity contribution in [3.05, 3.63) is 63.3 Å². The summed E-state index contributed by atoms with van der Waals surface area (Å²) in [4.78, 5) is 25.6. The van der Waals surface area contributed by atoms with Crippen molar-refractivity contribution >= 4 is 33.9 Å². The molecule has 3 amide bonds. The fourth-order valence-corrected chi connectivity index (χ4v) is 3.37. The Morgan fingerprint density at radius 1 is 1.14 bits per heavy atom. The summed E-state index contributed by atoms with van der Waals surface area (Å²) >= 11 is 3.52. The van der Waals surface area contributed by atoms with E-state index in [4.69, 9.17) is 9.47 Å². The number of hydrogen-bond donors (Lipinski definition) is 1. The molecule has 0 saturated carbocycles. The number of rotatable bonds is 7. The highest BCUT2D eigenvalue weighted by Crippen LogP contribution is 2.35.